The lowest BCUT2D eigenvalue weighted by molar-refractivity contribution is 1.06. The first-order valence-corrected chi connectivity index (χ1v) is 7.68. The van der Waals surface area contributed by atoms with E-state index in [9.17, 15) is 5.26 Å². The molecule has 0 unspecified atom stereocenters. The number of nitrogens with zero attached hydrogens (tertiary/aromatic N) is 2. The Labute approximate surface area is 138 Å². The molecule has 0 radical (unpaired) electrons. The summed E-state index contributed by atoms with van der Waals surface area (Å²) in [6.07, 6.45) is 3.91. The maximum absolute atomic E-state index is 9.49. The van der Waals surface area contributed by atoms with Crippen molar-refractivity contribution in [1.82, 2.24) is 4.57 Å². The molecule has 3 rings (SSSR count). The third-order valence-electron chi connectivity index (χ3n) is 3.36. The summed E-state index contributed by atoms with van der Waals surface area (Å²) in [4.78, 5) is 0. The van der Waals surface area contributed by atoms with Crippen LogP contribution in [0.4, 0.5) is 0 Å². The molecule has 3 aromatic rings. The van der Waals surface area contributed by atoms with Gasteiger partial charge < -0.3 is 4.57 Å². The highest BCUT2D eigenvalue weighted by molar-refractivity contribution is 9.10. The average Bonchev–Trinajstić information content (AvgIpc) is 3.01. The van der Waals surface area contributed by atoms with Gasteiger partial charge in [-0.25, -0.2) is 0 Å². The molecule has 0 N–H and O–H groups in total. The fraction of sp³-hybridized carbons (Fsp3) is 0. The number of allylic oxidation sites excluding steroid dienone is 1. The first-order valence-electron chi connectivity index (χ1n) is 6.88. The maximum Gasteiger partial charge on any atom is 0.0998 e. The van der Waals surface area contributed by atoms with E-state index in [0.717, 1.165) is 21.4 Å². The number of nitriles is 1. The van der Waals surface area contributed by atoms with Gasteiger partial charge in [0.2, 0.25) is 0 Å². The average molecular weight is 349 g/mol. The van der Waals surface area contributed by atoms with Crippen molar-refractivity contribution >= 4 is 27.6 Å². The van der Waals surface area contributed by atoms with Crippen molar-refractivity contribution < 1.29 is 0 Å². The molecule has 0 atom stereocenters. The zero-order chi connectivity index (χ0) is 15.4. The molecule has 0 saturated carbocycles. The topological polar surface area (TPSA) is 28.7 Å². The van der Waals surface area contributed by atoms with Crippen LogP contribution in [0.1, 0.15) is 11.3 Å². The molecule has 0 aliphatic carbocycles. The second kappa shape index (κ2) is 6.46. The third-order valence-corrected chi connectivity index (χ3v) is 3.86. The standard InChI is InChI=1S/C19H13BrN2/c20-17-7-4-6-15(12-17)16(14-21)13-19-10-5-11-22(19)18-8-2-1-3-9-18/h1-13H/b16-13+. The van der Waals surface area contributed by atoms with Crippen LogP contribution in [0.15, 0.2) is 77.4 Å². The molecular weight excluding hydrogens is 336 g/mol. The molecule has 0 spiro atoms. The Morgan fingerprint density at radius 2 is 1.82 bits per heavy atom. The molecule has 1 aromatic heterocycles. The van der Waals surface area contributed by atoms with Gasteiger partial charge in [0.1, 0.15) is 0 Å². The Hall–Kier alpha value is -2.57. The van der Waals surface area contributed by atoms with Crippen molar-refractivity contribution in [2.75, 3.05) is 0 Å². The Balaban J connectivity index is 2.05. The minimum absolute atomic E-state index is 0.636. The molecule has 22 heavy (non-hydrogen) atoms. The molecular formula is C19H13BrN2. The van der Waals surface area contributed by atoms with Crippen LogP contribution in [0.5, 0.6) is 0 Å². The minimum atomic E-state index is 0.636. The van der Waals surface area contributed by atoms with Gasteiger partial charge in [0.25, 0.3) is 0 Å². The van der Waals surface area contributed by atoms with E-state index in [1.807, 2.05) is 79.0 Å². The Morgan fingerprint density at radius 3 is 2.55 bits per heavy atom. The van der Waals surface area contributed by atoms with Crippen LogP contribution in [0.3, 0.4) is 0 Å². The van der Waals surface area contributed by atoms with Gasteiger partial charge in [-0.15, -0.1) is 0 Å². The largest absolute Gasteiger partial charge is 0.317 e. The lowest BCUT2D eigenvalue weighted by Gasteiger charge is -2.07. The predicted octanol–water partition coefficient (Wildman–Crippen LogP) is 5.30. The van der Waals surface area contributed by atoms with Crippen molar-refractivity contribution in [2.24, 2.45) is 0 Å². The van der Waals surface area contributed by atoms with Crippen molar-refractivity contribution in [2.45, 2.75) is 0 Å². The molecule has 0 saturated heterocycles. The summed E-state index contributed by atoms with van der Waals surface area (Å²) in [5.41, 5.74) is 3.59. The molecule has 0 bridgehead atoms. The van der Waals surface area contributed by atoms with Crippen molar-refractivity contribution in [3.05, 3.63) is 88.7 Å². The molecule has 2 nitrogen and oxygen atoms in total. The van der Waals surface area contributed by atoms with Crippen LogP contribution in [0, 0.1) is 11.3 Å². The minimum Gasteiger partial charge on any atom is -0.317 e. The summed E-state index contributed by atoms with van der Waals surface area (Å²) in [5, 5.41) is 9.49. The van der Waals surface area contributed by atoms with Gasteiger partial charge in [-0.2, -0.15) is 5.26 Å². The first kappa shape index (κ1) is 14.4. The van der Waals surface area contributed by atoms with Gasteiger partial charge in [0.15, 0.2) is 0 Å². The fourth-order valence-electron chi connectivity index (χ4n) is 2.32. The molecule has 2 aromatic carbocycles. The van der Waals surface area contributed by atoms with E-state index >= 15 is 0 Å². The number of rotatable bonds is 3. The van der Waals surface area contributed by atoms with Crippen LogP contribution in [0.25, 0.3) is 17.3 Å². The van der Waals surface area contributed by atoms with Gasteiger partial charge >= 0.3 is 0 Å². The van der Waals surface area contributed by atoms with Crippen molar-refractivity contribution in [3.63, 3.8) is 0 Å². The van der Waals surface area contributed by atoms with E-state index < -0.39 is 0 Å². The Morgan fingerprint density at radius 1 is 1.00 bits per heavy atom. The highest BCUT2D eigenvalue weighted by Crippen LogP contribution is 2.22. The molecule has 0 fully saturated rings. The van der Waals surface area contributed by atoms with Crippen LogP contribution in [0.2, 0.25) is 0 Å². The molecule has 0 aliphatic rings. The summed E-state index contributed by atoms with van der Waals surface area (Å²) >= 11 is 3.45. The summed E-state index contributed by atoms with van der Waals surface area (Å²) in [5.74, 6) is 0. The predicted molar refractivity (Wildman–Crippen MR) is 93.4 cm³/mol. The Kier molecular flexibility index (Phi) is 4.22. The number of halogens is 1. The fourth-order valence-corrected chi connectivity index (χ4v) is 2.72. The highest BCUT2D eigenvalue weighted by atomic mass is 79.9. The van der Waals surface area contributed by atoms with Crippen molar-refractivity contribution in [3.8, 4) is 11.8 Å². The number of para-hydroxylation sites is 1. The number of hydrogen-bond donors (Lipinski definition) is 0. The summed E-state index contributed by atoms with van der Waals surface area (Å²) < 4.78 is 3.03. The second-order valence-electron chi connectivity index (χ2n) is 4.82. The molecule has 0 amide bonds. The molecule has 0 aliphatic heterocycles. The van der Waals surface area contributed by atoms with E-state index in [4.69, 9.17) is 0 Å². The van der Waals surface area contributed by atoms with Gasteiger partial charge in [0, 0.05) is 22.1 Å². The van der Waals surface area contributed by atoms with Crippen LogP contribution in [-0.2, 0) is 0 Å². The monoisotopic (exact) mass is 348 g/mol. The second-order valence-corrected chi connectivity index (χ2v) is 5.73. The molecule has 3 heteroatoms. The molecule has 1 heterocycles. The third kappa shape index (κ3) is 3.03. The lowest BCUT2D eigenvalue weighted by Crippen LogP contribution is -1.94. The van der Waals surface area contributed by atoms with Crippen molar-refractivity contribution in [1.29, 1.82) is 5.26 Å². The lowest BCUT2D eigenvalue weighted by atomic mass is 10.1. The summed E-state index contributed by atoms with van der Waals surface area (Å²) in [6.45, 7) is 0. The van der Waals surface area contributed by atoms with E-state index in [0.29, 0.717) is 5.57 Å². The highest BCUT2D eigenvalue weighted by Gasteiger charge is 2.05. The van der Waals surface area contributed by atoms with E-state index in [1.54, 1.807) is 0 Å². The van der Waals surface area contributed by atoms with Crippen LogP contribution < -0.4 is 0 Å². The van der Waals surface area contributed by atoms with E-state index in [-0.39, 0.29) is 0 Å². The van der Waals surface area contributed by atoms with Gasteiger partial charge in [-0.05, 0) is 48.0 Å². The van der Waals surface area contributed by atoms with Crippen LogP contribution >= 0.6 is 15.9 Å². The Bertz CT molecular complexity index is 854. The normalized spacial score (nSPS) is 11.2. The number of benzene rings is 2. The SMILES string of the molecule is N#C/C(=C\c1cccn1-c1ccccc1)c1cccc(Br)c1. The number of hydrogen-bond acceptors (Lipinski definition) is 1. The van der Waals surface area contributed by atoms with Gasteiger partial charge in [-0.1, -0.05) is 46.3 Å². The zero-order valence-electron chi connectivity index (χ0n) is 11.8. The molecule has 106 valence electrons. The first-order chi connectivity index (χ1) is 10.8. The van der Waals surface area contributed by atoms with Crippen LogP contribution in [-0.4, -0.2) is 4.57 Å². The number of aromatic nitrogens is 1. The zero-order valence-corrected chi connectivity index (χ0v) is 13.4. The summed E-state index contributed by atoms with van der Waals surface area (Å²) in [6, 6.07) is 24.1. The summed E-state index contributed by atoms with van der Waals surface area (Å²) in [7, 11) is 0. The van der Waals surface area contributed by atoms with E-state index in [1.165, 1.54) is 0 Å². The van der Waals surface area contributed by atoms with Gasteiger partial charge in [0.05, 0.1) is 11.6 Å². The maximum atomic E-state index is 9.49. The van der Waals surface area contributed by atoms with E-state index in [2.05, 4.69) is 26.6 Å². The smallest absolute Gasteiger partial charge is 0.0998 e. The van der Waals surface area contributed by atoms with Gasteiger partial charge in [-0.3, -0.25) is 0 Å². The quantitative estimate of drug-likeness (QED) is 0.590.